The third-order valence-electron chi connectivity index (χ3n) is 6.89. The SMILES string of the molecule is COc1cc2c(cc1OC)[C@@]1(Cc3cccc(Cl)c3)C(=O)N3CCC[C@H]3C(=O)N1CC2. The predicted molar refractivity (Wildman–Crippen MR) is 117 cm³/mol. The summed E-state index contributed by atoms with van der Waals surface area (Å²) in [5.74, 6) is 1.21. The number of hydrogen-bond donors (Lipinski definition) is 0. The van der Waals surface area contributed by atoms with E-state index in [1.54, 1.807) is 19.1 Å². The van der Waals surface area contributed by atoms with E-state index in [2.05, 4.69) is 0 Å². The molecule has 2 saturated heterocycles. The Balaban J connectivity index is 1.75. The lowest BCUT2D eigenvalue weighted by Crippen LogP contribution is -2.70. The molecule has 2 amide bonds. The molecule has 0 unspecified atom stereocenters. The van der Waals surface area contributed by atoms with Crippen molar-refractivity contribution in [1.82, 2.24) is 9.80 Å². The zero-order chi connectivity index (χ0) is 21.8. The maximum absolute atomic E-state index is 14.1. The first kappa shape index (κ1) is 20.2. The van der Waals surface area contributed by atoms with E-state index in [0.717, 1.165) is 29.5 Å². The Morgan fingerprint density at radius 1 is 1.10 bits per heavy atom. The molecule has 2 aromatic rings. The standard InChI is InChI=1S/C24H25ClN2O4/c1-30-20-12-16-8-10-27-22(28)19-7-4-9-26(19)23(29)24(27,18(16)13-21(20)31-2)14-15-5-3-6-17(25)11-15/h3,5-6,11-13,19H,4,7-10,14H2,1-2H3/t19-,24-/m0/s1. The maximum Gasteiger partial charge on any atom is 0.254 e. The molecule has 2 atom stereocenters. The largest absolute Gasteiger partial charge is 0.493 e. The average molecular weight is 441 g/mol. The van der Waals surface area contributed by atoms with Crippen molar-refractivity contribution in [3.8, 4) is 11.5 Å². The van der Waals surface area contributed by atoms with Gasteiger partial charge >= 0.3 is 0 Å². The Morgan fingerprint density at radius 3 is 2.61 bits per heavy atom. The second-order valence-electron chi connectivity index (χ2n) is 8.43. The van der Waals surface area contributed by atoms with Crippen molar-refractivity contribution in [2.75, 3.05) is 27.3 Å². The normalized spacial score (nSPS) is 24.5. The molecule has 3 heterocycles. The smallest absolute Gasteiger partial charge is 0.254 e. The fourth-order valence-corrected chi connectivity index (χ4v) is 5.72. The first-order chi connectivity index (χ1) is 15.0. The molecule has 2 aromatic carbocycles. The van der Waals surface area contributed by atoms with Crippen LogP contribution < -0.4 is 9.47 Å². The van der Waals surface area contributed by atoms with Crippen molar-refractivity contribution in [3.63, 3.8) is 0 Å². The first-order valence-corrected chi connectivity index (χ1v) is 11.0. The second-order valence-corrected chi connectivity index (χ2v) is 8.86. The van der Waals surface area contributed by atoms with E-state index < -0.39 is 5.54 Å². The van der Waals surface area contributed by atoms with Crippen molar-refractivity contribution in [2.45, 2.75) is 37.3 Å². The number of fused-ring (bicyclic) bond motifs is 4. The molecule has 3 aliphatic heterocycles. The van der Waals surface area contributed by atoms with Crippen LogP contribution in [0.2, 0.25) is 5.02 Å². The summed E-state index contributed by atoms with van der Waals surface area (Å²) in [5.41, 5.74) is 1.63. The molecule has 0 spiro atoms. The van der Waals surface area contributed by atoms with Crippen LogP contribution in [-0.4, -0.2) is 55.0 Å². The van der Waals surface area contributed by atoms with E-state index in [1.165, 1.54) is 0 Å². The summed E-state index contributed by atoms with van der Waals surface area (Å²) in [6.07, 6.45) is 2.61. The van der Waals surface area contributed by atoms with E-state index in [1.807, 2.05) is 41.3 Å². The lowest BCUT2D eigenvalue weighted by molar-refractivity contribution is -0.170. The quantitative estimate of drug-likeness (QED) is 0.732. The number of nitrogens with zero attached hydrogens (tertiary/aromatic N) is 2. The van der Waals surface area contributed by atoms with Gasteiger partial charge in [0.05, 0.1) is 14.2 Å². The molecule has 0 bridgehead atoms. The van der Waals surface area contributed by atoms with Crippen molar-refractivity contribution in [3.05, 3.63) is 58.1 Å². The minimum absolute atomic E-state index is 0.0113. The Kier molecular flexibility index (Phi) is 4.85. The van der Waals surface area contributed by atoms with Crippen LogP contribution in [0.15, 0.2) is 36.4 Å². The summed E-state index contributed by atoms with van der Waals surface area (Å²) in [6.45, 7) is 1.11. The van der Waals surface area contributed by atoms with Crippen LogP contribution in [0.4, 0.5) is 0 Å². The summed E-state index contributed by atoms with van der Waals surface area (Å²) in [4.78, 5) is 31.3. The molecule has 3 aliphatic rings. The zero-order valence-corrected chi connectivity index (χ0v) is 18.4. The van der Waals surface area contributed by atoms with Gasteiger partial charge in [0.2, 0.25) is 5.91 Å². The summed E-state index contributed by atoms with van der Waals surface area (Å²) in [5, 5.41) is 0.609. The molecular weight excluding hydrogens is 416 g/mol. The summed E-state index contributed by atoms with van der Waals surface area (Å²) < 4.78 is 11.1. The number of halogens is 1. The maximum atomic E-state index is 14.1. The number of amides is 2. The van der Waals surface area contributed by atoms with Crippen LogP contribution >= 0.6 is 11.6 Å². The van der Waals surface area contributed by atoms with Gasteiger partial charge in [-0.2, -0.15) is 0 Å². The van der Waals surface area contributed by atoms with Crippen LogP contribution in [0.5, 0.6) is 11.5 Å². The van der Waals surface area contributed by atoms with Crippen molar-refractivity contribution in [2.24, 2.45) is 0 Å². The number of ether oxygens (including phenoxy) is 2. The van der Waals surface area contributed by atoms with E-state index in [-0.39, 0.29) is 17.9 Å². The van der Waals surface area contributed by atoms with Gasteiger partial charge in [0.1, 0.15) is 6.04 Å². The molecule has 0 aromatic heterocycles. The summed E-state index contributed by atoms with van der Waals surface area (Å²) >= 11 is 6.26. The number of methoxy groups -OCH3 is 2. The minimum atomic E-state index is -1.12. The van der Waals surface area contributed by atoms with E-state index in [0.29, 0.717) is 42.5 Å². The lowest BCUT2D eigenvalue weighted by Gasteiger charge is -2.53. The molecule has 0 aliphatic carbocycles. The molecule has 7 heteroatoms. The average Bonchev–Trinajstić information content (AvgIpc) is 3.27. The molecular formula is C24H25ClN2O4. The second kappa shape index (κ2) is 7.45. The third kappa shape index (κ3) is 2.92. The van der Waals surface area contributed by atoms with E-state index in [4.69, 9.17) is 21.1 Å². The van der Waals surface area contributed by atoms with Gasteiger partial charge in [-0.05, 0) is 60.2 Å². The number of carbonyl (C=O) groups is 2. The fraction of sp³-hybridized carbons (Fsp3) is 0.417. The Morgan fingerprint density at radius 2 is 1.87 bits per heavy atom. The van der Waals surface area contributed by atoms with Crippen LogP contribution in [0.3, 0.4) is 0 Å². The van der Waals surface area contributed by atoms with Crippen LogP contribution in [0.25, 0.3) is 0 Å². The number of carbonyl (C=O) groups excluding carboxylic acids is 2. The van der Waals surface area contributed by atoms with Crippen molar-refractivity contribution < 1.29 is 19.1 Å². The van der Waals surface area contributed by atoms with Crippen molar-refractivity contribution in [1.29, 1.82) is 0 Å². The van der Waals surface area contributed by atoms with Crippen LogP contribution in [0, 0.1) is 0 Å². The molecule has 0 N–H and O–H groups in total. The van der Waals surface area contributed by atoms with Crippen LogP contribution in [-0.2, 0) is 28.0 Å². The molecule has 6 nitrogen and oxygen atoms in total. The minimum Gasteiger partial charge on any atom is -0.493 e. The van der Waals surface area contributed by atoms with Gasteiger partial charge < -0.3 is 19.3 Å². The highest BCUT2D eigenvalue weighted by Gasteiger charge is 2.60. The Bertz CT molecular complexity index is 1070. The highest BCUT2D eigenvalue weighted by atomic mass is 35.5. The van der Waals surface area contributed by atoms with Crippen LogP contribution in [0.1, 0.15) is 29.5 Å². The number of piperazine rings is 1. The monoisotopic (exact) mass is 440 g/mol. The topological polar surface area (TPSA) is 59.1 Å². The number of hydrogen-bond acceptors (Lipinski definition) is 4. The fourth-order valence-electron chi connectivity index (χ4n) is 5.50. The van der Waals surface area contributed by atoms with Gasteiger partial charge in [0.15, 0.2) is 17.0 Å². The van der Waals surface area contributed by atoms with Crippen molar-refractivity contribution >= 4 is 23.4 Å². The molecule has 2 fully saturated rings. The summed E-state index contributed by atoms with van der Waals surface area (Å²) in [6, 6.07) is 11.0. The number of rotatable bonds is 4. The van der Waals surface area contributed by atoms with Gasteiger partial charge in [0.25, 0.3) is 5.91 Å². The first-order valence-electron chi connectivity index (χ1n) is 10.6. The third-order valence-corrected chi connectivity index (χ3v) is 7.12. The van der Waals surface area contributed by atoms with E-state index >= 15 is 0 Å². The predicted octanol–water partition coefficient (Wildman–Crippen LogP) is 3.18. The zero-order valence-electron chi connectivity index (χ0n) is 17.7. The molecule has 5 rings (SSSR count). The highest BCUT2D eigenvalue weighted by Crippen LogP contribution is 2.48. The lowest BCUT2D eigenvalue weighted by atomic mass is 9.73. The molecule has 162 valence electrons. The van der Waals surface area contributed by atoms with Gasteiger partial charge in [-0.1, -0.05) is 23.7 Å². The Hall–Kier alpha value is -2.73. The van der Waals surface area contributed by atoms with Gasteiger partial charge in [0, 0.05) is 24.5 Å². The molecule has 31 heavy (non-hydrogen) atoms. The summed E-state index contributed by atoms with van der Waals surface area (Å²) in [7, 11) is 3.18. The molecule has 0 radical (unpaired) electrons. The molecule has 0 saturated carbocycles. The number of benzene rings is 2. The van der Waals surface area contributed by atoms with Gasteiger partial charge in [-0.15, -0.1) is 0 Å². The van der Waals surface area contributed by atoms with Gasteiger partial charge in [-0.3, -0.25) is 9.59 Å². The van der Waals surface area contributed by atoms with Gasteiger partial charge in [-0.25, -0.2) is 0 Å². The Labute approximate surface area is 186 Å². The van der Waals surface area contributed by atoms with E-state index in [9.17, 15) is 9.59 Å². The highest BCUT2D eigenvalue weighted by molar-refractivity contribution is 6.30.